The molecule has 0 aliphatic rings. The van der Waals surface area contributed by atoms with Gasteiger partial charge in [-0.25, -0.2) is 9.78 Å². The minimum absolute atomic E-state index is 0.0648. The number of pyridine rings is 2. The Hall–Kier alpha value is -3.15. The summed E-state index contributed by atoms with van der Waals surface area (Å²) in [5.74, 6) is -0.788. The summed E-state index contributed by atoms with van der Waals surface area (Å²) in [4.78, 5) is 19.1. The van der Waals surface area contributed by atoms with E-state index >= 15 is 0 Å². The van der Waals surface area contributed by atoms with E-state index in [0.29, 0.717) is 11.5 Å². The standard InChI is InChI=1S/C15H12N4O2/c16-11-4-5-13(15(20)21)19-14(11)18-12-3-1-2-9-6-7-17-8-10(9)12/h1-8H,16H2,(H,18,19)(H,20,21). The second-order valence-electron chi connectivity index (χ2n) is 4.47. The number of nitrogen functional groups attached to an aromatic ring is 1. The molecule has 1 aromatic carbocycles. The van der Waals surface area contributed by atoms with Crippen molar-refractivity contribution in [3.8, 4) is 0 Å². The van der Waals surface area contributed by atoms with E-state index in [1.807, 2.05) is 24.3 Å². The van der Waals surface area contributed by atoms with Gasteiger partial charge in [-0.3, -0.25) is 4.98 Å². The van der Waals surface area contributed by atoms with Gasteiger partial charge in [-0.1, -0.05) is 12.1 Å². The van der Waals surface area contributed by atoms with Crippen molar-refractivity contribution in [3.63, 3.8) is 0 Å². The Labute approximate surface area is 120 Å². The van der Waals surface area contributed by atoms with Gasteiger partial charge in [-0.05, 0) is 29.7 Å². The quantitative estimate of drug-likeness (QED) is 0.681. The normalized spacial score (nSPS) is 10.5. The monoisotopic (exact) mass is 280 g/mol. The van der Waals surface area contributed by atoms with Crippen molar-refractivity contribution in [2.45, 2.75) is 0 Å². The Morgan fingerprint density at radius 1 is 1.19 bits per heavy atom. The third-order valence-electron chi connectivity index (χ3n) is 3.08. The summed E-state index contributed by atoms with van der Waals surface area (Å²) in [6, 6.07) is 10.5. The highest BCUT2D eigenvalue weighted by Crippen LogP contribution is 2.27. The van der Waals surface area contributed by atoms with E-state index < -0.39 is 5.97 Å². The molecule has 0 aliphatic heterocycles. The van der Waals surface area contributed by atoms with E-state index in [1.54, 1.807) is 12.4 Å². The lowest BCUT2D eigenvalue weighted by Gasteiger charge is -2.11. The van der Waals surface area contributed by atoms with Gasteiger partial charge in [0, 0.05) is 23.5 Å². The highest BCUT2D eigenvalue weighted by molar-refractivity contribution is 5.95. The summed E-state index contributed by atoms with van der Waals surface area (Å²) in [5, 5.41) is 14.0. The molecule has 0 unspecified atom stereocenters. The number of hydrogen-bond acceptors (Lipinski definition) is 5. The van der Waals surface area contributed by atoms with Crippen LogP contribution in [-0.4, -0.2) is 21.0 Å². The third kappa shape index (κ3) is 2.46. The predicted molar refractivity (Wildman–Crippen MR) is 80.6 cm³/mol. The Morgan fingerprint density at radius 3 is 2.86 bits per heavy atom. The molecule has 104 valence electrons. The number of carbonyl (C=O) groups is 1. The topological polar surface area (TPSA) is 101 Å². The molecule has 0 radical (unpaired) electrons. The van der Waals surface area contributed by atoms with Crippen LogP contribution in [0.25, 0.3) is 10.8 Å². The number of carboxylic acid groups (broad SMARTS) is 1. The lowest BCUT2D eigenvalue weighted by atomic mass is 10.1. The molecule has 0 bridgehead atoms. The number of rotatable bonds is 3. The van der Waals surface area contributed by atoms with Crippen molar-refractivity contribution in [2.24, 2.45) is 0 Å². The molecule has 2 aromatic heterocycles. The van der Waals surface area contributed by atoms with Crippen LogP contribution >= 0.6 is 0 Å². The number of fused-ring (bicyclic) bond motifs is 1. The zero-order chi connectivity index (χ0) is 14.8. The molecule has 6 nitrogen and oxygen atoms in total. The molecule has 0 amide bonds. The Bertz CT molecular complexity index is 828. The van der Waals surface area contributed by atoms with Gasteiger partial charge in [0.15, 0.2) is 11.5 Å². The molecule has 6 heteroatoms. The Morgan fingerprint density at radius 2 is 2.05 bits per heavy atom. The van der Waals surface area contributed by atoms with Crippen LogP contribution in [0.5, 0.6) is 0 Å². The van der Waals surface area contributed by atoms with Crippen molar-refractivity contribution in [3.05, 3.63) is 54.5 Å². The second kappa shape index (κ2) is 5.09. The predicted octanol–water partition coefficient (Wildman–Crippen LogP) is 2.65. The molecule has 0 saturated carbocycles. The van der Waals surface area contributed by atoms with Gasteiger partial charge in [0.1, 0.15) is 0 Å². The summed E-state index contributed by atoms with van der Waals surface area (Å²) in [6.07, 6.45) is 3.44. The molecule has 3 aromatic rings. The Kier molecular flexibility index (Phi) is 3.12. The minimum atomic E-state index is -1.10. The Balaban J connectivity index is 2.06. The molecule has 4 N–H and O–H groups in total. The van der Waals surface area contributed by atoms with Gasteiger partial charge in [-0.2, -0.15) is 0 Å². The van der Waals surface area contributed by atoms with Gasteiger partial charge in [0.25, 0.3) is 0 Å². The van der Waals surface area contributed by atoms with Crippen LogP contribution in [0.4, 0.5) is 17.2 Å². The smallest absolute Gasteiger partial charge is 0.354 e. The van der Waals surface area contributed by atoms with E-state index in [9.17, 15) is 4.79 Å². The fourth-order valence-corrected chi connectivity index (χ4v) is 2.04. The summed E-state index contributed by atoms with van der Waals surface area (Å²) in [7, 11) is 0. The maximum Gasteiger partial charge on any atom is 0.354 e. The number of carboxylic acids is 1. The molecule has 0 atom stereocenters. The summed E-state index contributed by atoms with van der Waals surface area (Å²) < 4.78 is 0. The van der Waals surface area contributed by atoms with Gasteiger partial charge >= 0.3 is 5.97 Å². The fraction of sp³-hybridized carbons (Fsp3) is 0. The number of anilines is 3. The van der Waals surface area contributed by atoms with Gasteiger partial charge in [0.2, 0.25) is 0 Å². The lowest BCUT2D eigenvalue weighted by Crippen LogP contribution is -2.06. The number of benzene rings is 1. The van der Waals surface area contributed by atoms with Crippen LogP contribution < -0.4 is 11.1 Å². The minimum Gasteiger partial charge on any atom is -0.477 e. The number of hydrogen-bond donors (Lipinski definition) is 3. The van der Waals surface area contributed by atoms with Crippen molar-refractivity contribution >= 4 is 33.9 Å². The average molecular weight is 280 g/mol. The van der Waals surface area contributed by atoms with Crippen LogP contribution in [-0.2, 0) is 0 Å². The molecule has 0 spiro atoms. The number of nitrogens with two attached hydrogens (primary N) is 1. The van der Waals surface area contributed by atoms with E-state index in [1.165, 1.54) is 12.1 Å². The summed E-state index contributed by atoms with van der Waals surface area (Å²) in [6.45, 7) is 0. The maximum absolute atomic E-state index is 11.0. The SMILES string of the molecule is Nc1ccc(C(=O)O)nc1Nc1cccc2ccncc12. The second-order valence-corrected chi connectivity index (χ2v) is 4.47. The van der Waals surface area contributed by atoms with Crippen molar-refractivity contribution in [2.75, 3.05) is 11.1 Å². The van der Waals surface area contributed by atoms with Crippen molar-refractivity contribution in [1.29, 1.82) is 0 Å². The van der Waals surface area contributed by atoms with Crippen molar-refractivity contribution in [1.82, 2.24) is 9.97 Å². The molecule has 2 heterocycles. The average Bonchev–Trinajstić information content (AvgIpc) is 2.49. The van der Waals surface area contributed by atoms with E-state index in [-0.39, 0.29) is 5.69 Å². The molecular weight excluding hydrogens is 268 g/mol. The van der Waals surface area contributed by atoms with Gasteiger partial charge in [0.05, 0.1) is 5.69 Å². The molecule has 0 aliphatic carbocycles. The summed E-state index contributed by atoms with van der Waals surface area (Å²) in [5.41, 5.74) is 6.93. The number of aromatic nitrogens is 2. The molecule has 21 heavy (non-hydrogen) atoms. The zero-order valence-electron chi connectivity index (χ0n) is 10.9. The van der Waals surface area contributed by atoms with E-state index in [4.69, 9.17) is 10.8 Å². The number of nitrogens with one attached hydrogen (secondary N) is 1. The lowest BCUT2D eigenvalue weighted by molar-refractivity contribution is 0.0690. The van der Waals surface area contributed by atoms with Crippen LogP contribution in [0.15, 0.2) is 48.8 Å². The maximum atomic E-state index is 11.0. The highest BCUT2D eigenvalue weighted by atomic mass is 16.4. The first-order valence-corrected chi connectivity index (χ1v) is 6.25. The largest absolute Gasteiger partial charge is 0.477 e. The fourth-order valence-electron chi connectivity index (χ4n) is 2.04. The molecule has 0 fully saturated rings. The van der Waals surface area contributed by atoms with Gasteiger partial charge < -0.3 is 16.2 Å². The van der Waals surface area contributed by atoms with E-state index in [2.05, 4.69) is 15.3 Å². The van der Waals surface area contributed by atoms with Crippen LogP contribution in [0.1, 0.15) is 10.5 Å². The molecule has 0 saturated heterocycles. The van der Waals surface area contributed by atoms with E-state index in [0.717, 1.165) is 16.5 Å². The van der Waals surface area contributed by atoms with Crippen LogP contribution in [0, 0.1) is 0 Å². The van der Waals surface area contributed by atoms with Gasteiger partial charge in [-0.15, -0.1) is 0 Å². The highest BCUT2D eigenvalue weighted by Gasteiger charge is 2.10. The van der Waals surface area contributed by atoms with Crippen molar-refractivity contribution < 1.29 is 9.90 Å². The van der Waals surface area contributed by atoms with Crippen LogP contribution in [0.2, 0.25) is 0 Å². The number of aromatic carboxylic acids is 1. The summed E-state index contributed by atoms with van der Waals surface area (Å²) >= 11 is 0. The zero-order valence-corrected chi connectivity index (χ0v) is 10.9. The number of nitrogens with zero attached hydrogens (tertiary/aromatic N) is 2. The first-order valence-electron chi connectivity index (χ1n) is 6.25. The molecule has 3 rings (SSSR count). The van der Waals surface area contributed by atoms with Crippen LogP contribution in [0.3, 0.4) is 0 Å². The first-order chi connectivity index (χ1) is 10.1. The molecular formula is C15H12N4O2. The third-order valence-corrected chi connectivity index (χ3v) is 3.08. The first kappa shape index (κ1) is 12.9.